The summed E-state index contributed by atoms with van der Waals surface area (Å²) in [5.74, 6) is -1.38. The number of halogens is 2. The number of nitrogen functional groups attached to an aromatic ring is 1. The maximum Gasteiger partial charge on any atom is 0.273 e. The zero-order valence-corrected chi connectivity index (χ0v) is 16.4. The molecule has 2 aromatic carbocycles. The molecule has 0 aliphatic heterocycles. The largest absolute Gasteiger partial charge is 0.382 e. The topological polar surface area (TPSA) is 92.9 Å². The first kappa shape index (κ1) is 19.9. The molecule has 8 heteroatoms. The molecule has 1 aliphatic rings. The maximum absolute atomic E-state index is 14.0. The first-order valence-electron chi connectivity index (χ1n) is 9.61. The van der Waals surface area contributed by atoms with Crippen molar-refractivity contribution in [3.8, 4) is 11.3 Å². The van der Waals surface area contributed by atoms with Crippen molar-refractivity contribution in [2.24, 2.45) is 0 Å². The summed E-state index contributed by atoms with van der Waals surface area (Å²) in [6, 6.07) is 9.87. The number of anilines is 1. The van der Waals surface area contributed by atoms with E-state index in [0.717, 1.165) is 17.2 Å². The van der Waals surface area contributed by atoms with Crippen molar-refractivity contribution in [3.63, 3.8) is 0 Å². The molecule has 1 atom stereocenters. The Morgan fingerprint density at radius 3 is 2.90 bits per heavy atom. The van der Waals surface area contributed by atoms with E-state index in [9.17, 15) is 13.6 Å². The van der Waals surface area contributed by atoms with Gasteiger partial charge in [0.05, 0.1) is 11.9 Å². The van der Waals surface area contributed by atoms with E-state index in [-0.39, 0.29) is 17.6 Å². The number of carbonyl (C=O) groups excluding carboxylic acids is 1. The Morgan fingerprint density at radius 1 is 1.27 bits per heavy atom. The van der Waals surface area contributed by atoms with E-state index in [4.69, 9.17) is 5.73 Å². The van der Waals surface area contributed by atoms with Crippen molar-refractivity contribution in [2.75, 3.05) is 12.8 Å². The number of carbonyl (C=O) groups is 1. The molecule has 1 amide bonds. The molecule has 0 spiro atoms. The lowest BCUT2D eigenvalue weighted by molar-refractivity contribution is 0.0959. The van der Waals surface area contributed by atoms with Crippen LogP contribution in [0.4, 0.5) is 14.6 Å². The highest BCUT2D eigenvalue weighted by molar-refractivity contribution is 5.96. The molecule has 1 heterocycles. The fourth-order valence-corrected chi connectivity index (χ4v) is 3.76. The molecule has 0 bridgehead atoms. The van der Waals surface area contributed by atoms with E-state index in [1.807, 2.05) is 24.3 Å². The minimum Gasteiger partial charge on any atom is -0.382 e. The molecule has 0 radical (unpaired) electrons. The molecule has 1 aliphatic carbocycles. The number of rotatable bonds is 5. The molecule has 4 N–H and O–H groups in total. The number of fused-ring (bicyclic) bond motifs is 1. The first-order valence-corrected chi connectivity index (χ1v) is 9.61. The quantitative estimate of drug-likeness (QED) is 0.602. The summed E-state index contributed by atoms with van der Waals surface area (Å²) >= 11 is 0. The average molecular weight is 409 g/mol. The number of benzene rings is 2. The Labute approximate surface area is 172 Å². The van der Waals surface area contributed by atoms with E-state index in [1.54, 1.807) is 0 Å². The van der Waals surface area contributed by atoms with E-state index < -0.39 is 17.5 Å². The molecular formula is C22H21F2N5O. The second kappa shape index (κ2) is 8.16. The smallest absolute Gasteiger partial charge is 0.273 e. The number of nitrogens with one attached hydrogen (secondary N) is 2. The monoisotopic (exact) mass is 409 g/mol. The number of nitrogens with zero attached hydrogens (tertiary/aromatic N) is 2. The van der Waals surface area contributed by atoms with E-state index in [0.29, 0.717) is 36.2 Å². The lowest BCUT2D eigenvalue weighted by Gasteiger charge is -2.15. The van der Waals surface area contributed by atoms with Crippen LogP contribution in [0.15, 0.2) is 42.6 Å². The van der Waals surface area contributed by atoms with E-state index >= 15 is 0 Å². The van der Waals surface area contributed by atoms with Crippen LogP contribution < -0.4 is 16.4 Å². The summed E-state index contributed by atoms with van der Waals surface area (Å²) in [6.07, 6.45) is 2.82. The molecular weight excluding hydrogens is 388 g/mol. The van der Waals surface area contributed by atoms with Crippen LogP contribution in [-0.4, -0.2) is 22.9 Å². The SMILES string of the molecule is CNC(=O)c1nc(-c2cccc(CNC3CCc4c(F)cc(F)cc43)c2)cnc1N. The van der Waals surface area contributed by atoms with Gasteiger partial charge in [0, 0.05) is 31.3 Å². The van der Waals surface area contributed by atoms with Crippen molar-refractivity contribution in [1.29, 1.82) is 0 Å². The molecule has 6 nitrogen and oxygen atoms in total. The second-order valence-electron chi connectivity index (χ2n) is 7.20. The summed E-state index contributed by atoms with van der Waals surface area (Å²) in [5, 5.41) is 5.88. The third kappa shape index (κ3) is 3.86. The second-order valence-corrected chi connectivity index (χ2v) is 7.20. The standard InChI is InChI=1S/C22H21F2N5O/c1-26-22(30)20-21(25)28-11-19(29-20)13-4-2-3-12(7-13)10-27-18-6-5-15-16(18)8-14(23)9-17(15)24/h2-4,7-9,11,18,27H,5-6,10H2,1H3,(H2,25,28)(H,26,30). The Bertz CT molecular complexity index is 1120. The van der Waals surface area contributed by atoms with Crippen LogP contribution in [0.2, 0.25) is 0 Å². The lowest BCUT2D eigenvalue weighted by Crippen LogP contribution is -2.21. The van der Waals surface area contributed by atoms with Crippen molar-refractivity contribution in [2.45, 2.75) is 25.4 Å². The molecule has 4 rings (SSSR count). The summed E-state index contributed by atoms with van der Waals surface area (Å²) in [4.78, 5) is 20.3. The third-order valence-electron chi connectivity index (χ3n) is 5.27. The van der Waals surface area contributed by atoms with Crippen molar-refractivity contribution < 1.29 is 13.6 Å². The Balaban J connectivity index is 1.53. The van der Waals surface area contributed by atoms with Gasteiger partial charge in [-0.05, 0) is 41.7 Å². The first-order chi connectivity index (χ1) is 14.5. The molecule has 0 saturated carbocycles. The molecule has 0 saturated heterocycles. The van der Waals surface area contributed by atoms with Crippen molar-refractivity contribution >= 4 is 11.7 Å². The van der Waals surface area contributed by atoms with Gasteiger partial charge >= 0.3 is 0 Å². The highest BCUT2D eigenvalue weighted by atomic mass is 19.1. The Kier molecular flexibility index (Phi) is 5.41. The summed E-state index contributed by atoms with van der Waals surface area (Å²) in [6.45, 7) is 0.515. The van der Waals surface area contributed by atoms with E-state index in [2.05, 4.69) is 20.6 Å². The highest BCUT2D eigenvalue weighted by Crippen LogP contribution is 2.34. The van der Waals surface area contributed by atoms with Crippen LogP contribution in [0, 0.1) is 11.6 Å². The molecule has 30 heavy (non-hydrogen) atoms. The molecule has 0 fully saturated rings. The van der Waals surface area contributed by atoms with Crippen LogP contribution in [-0.2, 0) is 13.0 Å². The van der Waals surface area contributed by atoms with Crippen molar-refractivity contribution in [1.82, 2.24) is 20.6 Å². The fourth-order valence-electron chi connectivity index (χ4n) is 3.76. The maximum atomic E-state index is 14.0. The van der Waals surface area contributed by atoms with Gasteiger partial charge in [-0.2, -0.15) is 0 Å². The molecule has 1 aromatic heterocycles. The van der Waals surface area contributed by atoms with Gasteiger partial charge < -0.3 is 16.4 Å². The zero-order valence-electron chi connectivity index (χ0n) is 16.4. The molecule has 1 unspecified atom stereocenters. The summed E-state index contributed by atoms with van der Waals surface area (Å²) in [5.41, 5.74) is 9.38. The molecule has 3 aromatic rings. The van der Waals surface area contributed by atoms with Gasteiger partial charge in [-0.1, -0.05) is 18.2 Å². The van der Waals surface area contributed by atoms with Crippen LogP contribution in [0.25, 0.3) is 11.3 Å². The van der Waals surface area contributed by atoms with Crippen LogP contribution >= 0.6 is 0 Å². The van der Waals surface area contributed by atoms with Crippen LogP contribution in [0.3, 0.4) is 0 Å². The number of hydrogen-bond acceptors (Lipinski definition) is 5. The Morgan fingerprint density at radius 2 is 2.10 bits per heavy atom. The predicted octanol–water partition coefficient (Wildman–Crippen LogP) is 3.14. The fraction of sp³-hybridized carbons (Fsp3) is 0.227. The molecule has 154 valence electrons. The normalized spacial score (nSPS) is 15.1. The van der Waals surface area contributed by atoms with Gasteiger partial charge in [0.15, 0.2) is 11.5 Å². The lowest BCUT2D eigenvalue weighted by atomic mass is 10.1. The Hall–Kier alpha value is -3.39. The van der Waals surface area contributed by atoms with Gasteiger partial charge in [0.2, 0.25) is 0 Å². The number of hydrogen-bond donors (Lipinski definition) is 3. The number of aromatic nitrogens is 2. The van der Waals surface area contributed by atoms with Crippen molar-refractivity contribution in [3.05, 3.63) is 76.6 Å². The minimum absolute atomic E-state index is 0.0651. The zero-order chi connectivity index (χ0) is 21.3. The van der Waals surface area contributed by atoms with Crippen LogP contribution in [0.5, 0.6) is 0 Å². The van der Waals surface area contributed by atoms with Gasteiger partial charge in [-0.15, -0.1) is 0 Å². The van der Waals surface area contributed by atoms with Gasteiger partial charge in [0.1, 0.15) is 11.6 Å². The van der Waals surface area contributed by atoms with Gasteiger partial charge in [0.25, 0.3) is 5.91 Å². The van der Waals surface area contributed by atoms with Gasteiger partial charge in [-0.3, -0.25) is 4.79 Å². The average Bonchev–Trinajstić information content (AvgIpc) is 3.15. The number of nitrogens with two attached hydrogens (primary N) is 1. The predicted molar refractivity (Wildman–Crippen MR) is 110 cm³/mol. The third-order valence-corrected chi connectivity index (χ3v) is 5.27. The van der Waals surface area contributed by atoms with Gasteiger partial charge in [-0.25, -0.2) is 18.7 Å². The summed E-state index contributed by atoms with van der Waals surface area (Å²) < 4.78 is 27.6. The summed E-state index contributed by atoms with van der Waals surface area (Å²) in [7, 11) is 1.50. The highest BCUT2D eigenvalue weighted by Gasteiger charge is 2.25. The van der Waals surface area contributed by atoms with E-state index in [1.165, 1.54) is 19.3 Å². The number of amides is 1. The van der Waals surface area contributed by atoms with Crippen LogP contribution in [0.1, 0.15) is 39.6 Å². The minimum atomic E-state index is -0.559.